The van der Waals surface area contributed by atoms with Gasteiger partial charge in [0.1, 0.15) is 5.78 Å². The van der Waals surface area contributed by atoms with Crippen molar-refractivity contribution in [2.45, 2.75) is 80.6 Å². The minimum absolute atomic E-state index is 0.0161. The largest absolute Gasteiger partial charge is 0.299 e. The number of carbonyl (C=O) groups is 4. The van der Waals surface area contributed by atoms with Crippen molar-refractivity contribution in [1.82, 2.24) is 0 Å². The molecule has 0 heterocycles. The summed E-state index contributed by atoms with van der Waals surface area (Å²) in [6.45, 7) is 13.9. The normalized spacial score (nSPS) is 35.7. The van der Waals surface area contributed by atoms with Gasteiger partial charge < -0.3 is 0 Å². The molecule has 0 aromatic heterocycles. The van der Waals surface area contributed by atoms with Crippen molar-refractivity contribution in [2.75, 3.05) is 0 Å². The Morgan fingerprint density at radius 3 is 2.21 bits per heavy atom. The molecule has 3 fully saturated rings. The first kappa shape index (κ1) is 25.3. The minimum Gasteiger partial charge on any atom is -0.299 e. The monoisotopic (exact) mass is 450 g/mol. The molecular formula is C29H38O4. The van der Waals surface area contributed by atoms with Gasteiger partial charge in [-0.1, -0.05) is 45.9 Å². The molecule has 0 N–H and O–H groups in total. The number of hydrogen-bond acceptors (Lipinski definition) is 4. The van der Waals surface area contributed by atoms with E-state index in [2.05, 4.69) is 27.7 Å². The zero-order valence-electron chi connectivity index (χ0n) is 21.2. The van der Waals surface area contributed by atoms with E-state index in [1.807, 2.05) is 19.1 Å². The highest BCUT2D eigenvalue weighted by atomic mass is 16.1. The Labute approximate surface area is 198 Å². The van der Waals surface area contributed by atoms with Crippen molar-refractivity contribution in [3.05, 3.63) is 47.1 Å². The summed E-state index contributed by atoms with van der Waals surface area (Å²) in [7, 11) is 0. The molecule has 178 valence electrons. The van der Waals surface area contributed by atoms with Crippen LogP contribution in [0.15, 0.2) is 47.1 Å². The van der Waals surface area contributed by atoms with Crippen LogP contribution in [0.1, 0.15) is 80.6 Å². The van der Waals surface area contributed by atoms with E-state index in [-0.39, 0.29) is 39.5 Å². The summed E-state index contributed by atoms with van der Waals surface area (Å²) >= 11 is 0. The Morgan fingerprint density at radius 2 is 1.58 bits per heavy atom. The molecule has 3 rings (SSSR count). The lowest BCUT2D eigenvalue weighted by molar-refractivity contribution is -0.154. The Morgan fingerprint density at radius 1 is 0.909 bits per heavy atom. The third-order valence-corrected chi connectivity index (χ3v) is 8.98. The van der Waals surface area contributed by atoms with Crippen LogP contribution in [0.25, 0.3) is 0 Å². The van der Waals surface area contributed by atoms with Gasteiger partial charge in [-0.2, -0.15) is 0 Å². The summed E-state index contributed by atoms with van der Waals surface area (Å²) in [5, 5.41) is 0. The summed E-state index contributed by atoms with van der Waals surface area (Å²) in [4.78, 5) is 49.1. The van der Waals surface area contributed by atoms with Gasteiger partial charge in [0.05, 0.1) is 0 Å². The summed E-state index contributed by atoms with van der Waals surface area (Å²) in [6.07, 6.45) is 11.9. The van der Waals surface area contributed by atoms with Gasteiger partial charge in [-0.3, -0.25) is 19.2 Å². The van der Waals surface area contributed by atoms with Crippen LogP contribution in [0, 0.1) is 28.1 Å². The Hall–Kier alpha value is -2.36. The lowest BCUT2D eigenvalue weighted by Gasteiger charge is -2.60. The second-order valence-corrected chi connectivity index (χ2v) is 11.4. The summed E-state index contributed by atoms with van der Waals surface area (Å²) in [6, 6.07) is 0. The Kier molecular flexibility index (Phi) is 6.72. The van der Waals surface area contributed by atoms with E-state index in [1.54, 1.807) is 13.0 Å². The molecule has 3 aliphatic carbocycles. The van der Waals surface area contributed by atoms with Gasteiger partial charge in [-0.15, -0.1) is 0 Å². The fourth-order valence-electron chi connectivity index (χ4n) is 7.21. The van der Waals surface area contributed by atoms with Crippen molar-refractivity contribution >= 4 is 23.1 Å². The van der Waals surface area contributed by atoms with Crippen molar-refractivity contribution in [3.8, 4) is 0 Å². The third-order valence-electron chi connectivity index (χ3n) is 8.98. The van der Waals surface area contributed by atoms with E-state index in [9.17, 15) is 19.2 Å². The predicted molar refractivity (Wildman–Crippen MR) is 130 cm³/mol. The SMILES string of the molecule is CC(=O)/C=C\C(=O)/C(C)=C/C=C/C(C)=C1C(=O)C[C@H]2[C@@]3(C)CCC(=O)C(C)(C)[C@@H]3CC[C@]12C. The molecule has 0 aliphatic heterocycles. The molecule has 0 aromatic carbocycles. The molecule has 3 saturated carbocycles. The fraction of sp³-hybridized carbons (Fsp3) is 0.586. The van der Waals surface area contributed by atoms with Crippen molar-refractivity contribution in [1.29, 1.82) is 0 Å². The van der Waals surface area contributed by atoms with Gasteiger partial charge in [0.2, 0.25) is 0 Å². The molecule has 0 unspecified atom stereocenters. The van der Waals surface area contributed by atoms with Gasteiger partial charge in [-0.05, 0) is 80.6 Å². The summed E-state index contributed by atoms with van der Waals surface area (Å²) < 4.78 is 0. The Balaban J connectivity index is 1.90. The molecule has 0 saturated heterocycles. The predicted octanol–water partition coefficient (Wildman–Crippen LogP) is 5.92. The van der Waals surface area contributed by atoms with E-state index in [0.29, 0.717) is 30.1 Å². The first-order valence-corrected chi connectivity index (χ1v) is 12.1. The molecule has 0 amide bonds. The summed E-state index contributed by atoms with van der Waals surface area (Å²) in [5.41, 5.74) is 1.88. The smallest absolute Gasteiger partial charge is 0.181 e. The zero-order valence-corrected chi connectivity index (χ0v) is 21.2. The maximum Gasteiger partial charge on any atom is 0.181 e. The second-order valence-electron chi connectivity index (χ2n) is 11.4. The molecule has 0 spiro atoms. The molecule has 33 heavy (non-hydrogen) atoms. The molecule has 0 bridgehead atoms. The van der Waals surface area contributed by atoms with Crippen molar-refractivity contribution in [2.24, 2.45) is 28.1 Å². The average molecular weight is 451 g/mol. The van der Waals surface area contributed by atoms with Crippen molar-refractivity contribution < 1.29 is 19.2 Å². The van der Waals surface area contributed by atoms with Crippen LogP contribution in [0.4, 0.5) is 0 Å². The lowest BCUT2D eigenvalue weighted by atomic mass is 9.43. The molecule has 3 aliphatic rings. The maximum atomic E-state index is 13.3. The van der Waals surface area contributed by atoms with Crippen LogP contribution in [0.3, 0.4) is 0 Å². The van der Waals surface area contributed by atoms with Crippen LogP contribution in [-0.2, 0) is 19.2 Å². The first-order valence-electron chi connectivity index (χ1n) is 12.1. The van der Waals surface area contributed by atoms with Crippen LogP contribution in [-0.4, -0.2) is 23.1 Å². The lowest BCUT2D eigenvalue weighted by Crippen LogP contribution is -2.56. The Bertz CT molecular complexity index is 1020. The van der Waals surface area contributed by atoms with Crippen LogP contribution in [0.2, 0.25) is 0 Å². The van der Waals surface area contributed by atoms with Gasteiger partial charge in [0.25, 0.3) is 0 Å². The number of rotatable bonds is 5. The number of allylic oxidation sites excluding steroid dienone is 8. The molecule has 0 aromatic rings. The maximum absolute atomic E-state index is 13.3. The zero-order chi connectivity index (χ0) is 24.8. The highest BCUT2D eigenvalue weighted by Crippen LogP contribution is 2.68. The van der Waals surface area contributed by atoms with Crippen LogP contribution >= 0.6 is 0 Å². The average Bonchev–Trinajstić information content (AvgIpc) is 3.00. The van der Waals surface area contributed by atoms with E-state index in [1.165, 1.54) is 19.1 Å². The number of carbonyl (C=O) groups excluding carboxylic acids is 4. The summed E-state index contributed by atoms with van der Waals surface area (Å²) in [5.74, 6) is 0.781. The highest BCUT2D eigenvalue weighted by molar-refractivity contribution is 6.07. The van der Waals surface area contributed by atoms with Gasteiger partial charge in [0.15, 0.2) is 17.3 Å². The van der Waals surface area contributed by atoms with E-state index in [4.69, 9.17) is 0 Å². The molecule has 0 radical (unpaired) electrons. The number of fused-ring (bicyclic) bond motifs is 3. The van der Waals surface area contributed by atoms with Crippen LogP contribution < -0.4 is 0 Å². The molecule has 4 atom stereocenters. The molecule has 4 heteroatoms. The first-order chi connectivity index (χ1) is 15.2. The quantitative estimate of drug-likeness (QED) is 0.385. The van der Waals surface area contributed by atoms with Gasteiger partial charge in [-0.25, -0.2) is 0 Å². The second kappa shape index (κ2) is 8.77. The van der Waals surface area contributed by atoms with E-state index < -0.39 is 0 Å². The molecular weight excluding hydrogens is 412 g/mol. The third kappa shape index (κ3) is 4.29. The van der Waals surface area contributed by atoms with Crippen molar-refractivity contribution in [3.63, 3.8) is 0 Å². The number of ketones is 4. The topological polar surface area (TPSA) is 68.3 Å². The fourth-order valence-corrected chi connectivity index (χ4v) is 7.21. The highest BCUT2D eigenvalue weighted by Gasteiger charge is 2.64. The van der Waals surface area contributed by atoms with Crippen LogP contribution in [0.5, 0.6) is 0 Å². The van der Waals surface area contributed by atoms with E-state index >= 15 is 0 Å². The molecule has 4 nitrogen and oxygen atoms in total. The minimum atomic E-state index is -0.329. The number of hydrogen-bond donors (Lipinski definition) is 0. The van der Waals surface area contributed by atoms with Gasteiger partial charge >= 0.3 is 0 Å². The van der Waals surface area contributed by atoms with Gasteiger partial charge in [0, 0.05) is 29.2 Å². The number of Topliss-reactive ketones (excluding diaryl/α,β-unsaturated/α-hetero) is 2. The standard InChI is InChI=1S/C29H38O4/c1-18(21(31)12-11-20(3)30)9-8-10-19(2)26-22(32)17-24-28(6)16-14-25(33)27(4,5)23(28)13-15-29(24,26)7/h8-12,23-24H,13-17H2,1-7H3/b10-8+,12-11-,18-9+,26-19?/t23-,24-,28-,29-/m0/s1. The van der Waals surface area contributed by atoms with E-state index in [0.717, 1.165) is 30.4 Å².